The van der Waals surface area contributed by atoms with Crippen molar-refractivity contribution in [2.45, 2.75) is 20.2 Å². The lowest BCUT2D eigenvalue weighted by Crippen LogP contribution is -2.22. The normalized spacial score (nSPS) is 11.1. The van der Waals surface area contributed by atoms with Gasteiger partial charge in [0.15, 0.2) is 0 Å². The predicted octanol–water partition coefficient (Wildman–Crippen LogP) is 3.00. The Hall–Kier alpha value is -2.21. The van der Waals surface area contributed by atoms with Gasteiger partial charge in [-0.25, -0.2) is 9.78 Å². The van der Waals surface area contributed by atoms with E-state index >= 15 is 0 Å². The molecule has 0 bridgehead atoms. The summed E-state index contributed by atoms with van der Waals surface area (Å²) in [6.45, 7) is 3.33. The van der Waals surface area contributed by atoms with Crippen LogP contribution in [0, 0.1) is 6.92 Å². The summed E-state index contributed by atoms with van der Waals surface area (Å²) >= 11 is 0. The molecule has 0 aliphatic carbocycles. The number of hydrogen-bond acceptors (Lipinski definition) is 4. The SMILES string of the molecule is Cc1nn(CNCOOCc2ccccc2)c2ccccc12. The number of fused-ring (bicyclic) bond motifs is 1. The number of nitrogens with zero attached hydrogens (tertiary/aromatic N) is 2. The van der Waals surface area contributed by atoms with Crippen molar-refractivity contribution in [3.8, 4) is 0 Å². The van der Waals surface area contributed by atoms with E-state index in [1.165, 1.54) is 5.39 Å². The molecule has 1 aromatic heterocycles. The van der Waals surface area contributed by atoms with Crippen molar-refractivity contribution in [2.24, 2.45) is 0 Å². The minimum Gasteiger partial charge on any atom is -0.273 e. The molecule has 0 radical (unpaired) electrons. The molecule has 22 heavy (non-hydrogen) atoms. The molecule has 0 aliphatic rings. The van der Waals surface area contributed by atoms with E-state index in [1.807, 2.05) is 54.1 Å². The first kappa shape index (κ1) is 14.7. The van der Waals surface area contributed by atoms with Crippen LogP contribution < -0.4 is 5.32 Å². The maximum absolute atomic E-state index is 5.16. The van der Waals surface area contributed by atoms with Gasteiger partial charge >= 0.3 is 0 Å². The molecule has 0 fully saturated rings. The van der Waals surface area contributed by atoms with Gasteiger partial charge in [0.05, 0.1) is 17.9 Å². The lowest BCUT2D eigenvalue weighted by molar-refractivity contribution is -0.308. The maximum Gasteiger partial charge on any atom is 0.134 e. The van der Waals surface area contributed by atoms with E-state index in [-0.39, 0.29) is 0 Å². The van der Waals surface area contributed by atoms with Crippen molar-refractivity contribution >= 4 is 10.9 Å². The zero-order valence-electron chi connectivity index (χ0n) is 12.5. The number of hydrogen-bond donors (Lipinski definition) is 1. The van der Waals surface area contributed by atoms with Crippen LogP contribution in [0.15, 0.2) is 54.6 Å². The van der Waals surface area contributed by atoms with Crippen LogP contribution in [0.2, 0.25) is 0 Å². The molecule has 2 aromatic carbocycles. The van der Waals surface area contributed by atoms with Gasteiger partial charge in [-0.2, -0.15) is 5.10 Å². The Bertz CT molecular complexity index is 725. The Morgan fingerprint density at radius 1 is 1.00 bits per heavy atom. The Morgan fingerprint density at radius 2 is 1.77 bits per heavy atom. The highest BCUT2D eigenvalue weighted by molar-refractivity contribution is 5.81. The zero-order valence-corrected chi connectivity index (χ0v) is 12.5. The number of nitrogens with one attached hydrogen (secondary N) is 1. The standard InChI is InChI=1S/C17H19N3O2/c1-14-16-9-5-6-10-17(16)20(19-14)12-18-13-22-21-11-15-7-3-2-4-8-15/h2-10,18H,11-13H2,1H3. The van der Waals surface area contributed by atoms with Crippen molar-refractivity contribution in [3.05, 3.63) is 65.9 Å². The van der Waals surface area contributed by atoms with Crippen molar-refractivity contribution < 1.29 is 9.78 Å². The van der Waals surface area contributed by atoms with Gasteiger partial charge in [-0.15, -0.1) is 0 Å². The van der Waals surface area contributed by atoms with E-state index in [4.69, 9.17) is 9.78 Å². The highest BCUT2D eigenvalue weighted by atomic mass is 17.2. The molecule has 0 spiro atoms. The third kappa shape index (κ3) is 3.51. The fourth-order valence-electron chi connectivity index (χ4n) is 2.33. The van der Waals surface area contributed by atoms with E-state index in [2.05, 4.69) is 22.5 Å². The van der Waals surface area contributed by atoms with Gasteiger partial charge < -0.3 is 0 Å². The van der Waals surface area contributed by atoms with Crippen molar-refractivity contribution in [1.82, 2.24) is 15.1 Å². The van der Waals surface area contributed by atoms with Gasteiger partial charge in [-0.1, -0.05) is 48.5 Å². The van der Waals surface area contributed by atoms with Crippen LogP contribution in [-0.4, -0.2) is 16.5 Å². The first-order chi connectivity index (χ1) is 10.8. The molecular weight excluding hydrogens is 278 g/mol. The lowest BCUT2D eigenvalue weighted by atomic mass is 10.2. The summed E-state index contributed by atoms with van der Waals surface area (Å²) in [6, 6.07) is 18.1. The van der Waals surface area contributed by atoms with E-state index in [0.29, 0.717) is 20.0 Å². The van der Waals surface area contributed by atoms with Crippen LogP contribution in [0.1, 0.15) is 11.3 Å². The Labute approximate surface area is 129 Å². The first-order valence-corrected chi connectivity index (χ1v) is 7.26. The average molecular weight is 297 g/mol. The molecule has 0 saturated heterocycles. The molecule has 0 saturated carbocycles. The molecule has 5 nitrogen and oxygen atoms in total. The van der Waals surface area contributed by atoms with E-state index < -0.39 is 0 Å². The summed E-state index contributed by atoms with van der Waals surface area (Å²) < 4.78 is 1.92. The highest BCUT2D eigenvalue weighted by Gasteiger charge is 2.05. The molecule has 0 atom stereocenters. The third-order valence-electron chi connectivity index (χ3n) is 3.42. The molecule has 0 unspecified atom stereocenters. The lowest BCUT2D eigenvalue weighted by Gasteiger charge is -2.07. The Kier molecular flexibility index (Phi) is 4.80. The van der Waals surface area contributed by atoms with Crippen molar-refractivity contribution in [2.75, 3.05) is 6.73 Å². The molecule has 1 N–H and O–H groups in total. The van der Waals surface area contributed by atoms with Gasteiger partial charge in [0.25, 0.3) is 0 Å². The monoisotopic (exact) mass is 297 g/mol. The van der Waals surface area contributed by atoms with Gasteiger partial charge in [0.2, 0.25) is 0 Å². The van der Waals surface area contributed by atoms with Crippen LogP contribution in [-0.2, 0) is 23.1 Å². The summed E-state index contributed by atoms with van der Waals surface area (Å²) in [7, 11) is 0. The molecule has 114 valence electrons. The number of aryl methyl sites for hydroxylation is 1. The van der Waals surface area contributed by atoms with Crippen LogP contribution in [0.4, 0.5) is 0 Å². The number of para-hydroxylation sites is 1. The van der Waals surface area contributed by atoms with E-state index in [9.17, 15) is 0 Å². The minimum atomic E-state index is 0.306. The van der Waals surface area contributed by atoms with Crippen LogP contribution in [0.5, 0.6) is 0 Å². The Morgan fingerprint density at radius 3 is 2.64 bits per heavy atom. The average Bonchev–Trinajstić information content (AvgIpc) is 2.88. The fourth-order valence-corrected chi connectivity index (χ4v) is 2.33. The highest BCUT2D eigenvalue weighted by Crippen LogP contribution is 2.16. The summed E-state index contributed by atoms with van der Waals surface area (Å²) in [5, 5.41) is 8.83. The second-order valence-corrected chi connectivity index (χ2v) is 5.02. The summed E-state index contributed by atoms with van der Waals surface area (Å²) in [5.74, 6) is 0. The minimum absolute atomic E-state index is 0.306. The number of benzene rings is 2. The van der Waals surface area contributed by atoms with Crippen LogP contribution in [0.3, 0.4) is 0 Å². The largest absolute Gasteiger partial charge is 0.273 e. The molecule has 0 aliphatic heterocycles. The predicted molar refractivity (Wildman–Crippen MR) is 84.8 cm³/mol. The molecule has 3 aromatic rings. The van der Waals surface area contributed by atoms with Gasteiger partial charge in [0, 0.05) is 5.39 Å². The topological polar surface area (TPSA) is 48.3 Å². The fraction of sp³-hybridized carbons (Fsp3) is 0.235. The van der Waals surface area contributed by atoms with Gasteiger partial charge in [-0.3, -0.25) is 10.00 Å². The summed E-state index contributed by atoms with van der Waals surface area (Å²) in [5.41, 5.74) is 3.22. The molecular formula is C17H19N3O2. The van der Waals surface area contributed by atoms with E-state index in [1.54, 1.807) is 0 Å². The second-order valence-electron chi connectivity index (χ2n) is 5.02. The number of aromatic nitrogens is 2. The quantitative estimate of drug-likeness (QED) is 0.315. The van der Waals surface area contributed by atoms with Crippen LogP contribution >= 0.6 is 0 Å². The first-order valence-electron chi connectivity index (χ1n) is 7.26. The van der Waals surface area contributed by atoms with Gasteiger partial charge in [-0.05, 0) is 18.6 Å². The smallest absolute Gasteiger partial charge is 0.134 e. The van der Waals surface area contributed by atoms with Crippen molar-refractivity contribution in [1.29, 1.82) is 0 Å². The summed E-state index contributed by atoms with van der Waals surface area (Å²) in [6.07, 6.45) is 0. The molecule has 5 heteroatoms. The zero-order chi connectivity index (χ0) is 15.2. The second kappa shape index (κ2) is 7.17. The number of rotatable bonds is 7. The Balaban J connectivity index is 1.43. The van der Waals surface area contributed by atoms with Gasteiger partial charge in [0.1, 0.15) is 13.3 Å². The maximum atomic E-state index is 5.16. The molecule has 3 rings (SSSR count). The third-order valence-corrected chi connectivity index (χ3v) is 3.42. The molecule has 0 amide bonds. The van der Waals surface area contributed by atoms with Crippen LogP contribution in [0.25, 0.3) is 10.9 Å². The van der Waals surface area contributed by atoms with Crippen molar-refractivity contribution in [3.63, 3.8) is 0 Å². The summed E-state index contributed by atoms with van der Waals surface area (Å²) in [4.78, 5) is 10.3. The molecule has 1 heterocycles. The van der Waals surface area contributed by atoms with E-state index in [0.717, 1.165) is 16.8 Å².